The van der Waals surface area contributed by atoms with Gasteiger partial charge in [-0.2, -0.15) is 0 Å². The summed E-state index contributed by atoms with van der Waals surface area (Å²) in [5.74, 6) is -0.825. The van der Waals surface area contributed by atoms with Gasteiger partial charge in [0.25, 0.3) is 11.8 Å². The SMILES string of the molecule is COc1cc(NC(=O)c2ccccc2)c(OC)cc1NC(=O)COc1ccccc1F. The molecule has 3 aromatic carbocycles. The number of para-hydroxylation sites is 1. The average Bonchev–Trinajstić information content (AvgIpc) is 2.79. The van der Waals surface area contributed by atoms with Crippen LogP contribution in [-0.4, -0.2) is 32.6 Å². The van der Waals surface area contributed by atoms with Crippen LogP contribution in [0.2, 0.25) is 0 Å². The maximum atomic E-state index is 13.6. The molecule has 0 atom stereocenters. The Morgan fingerprint density at radius 3 is 2.00 bits per heavy atom. The van der Waals surface area contributed by atoms with E-state index in [2.05, 4.69) is 10.6 Å². The molecule has 160 valence electrons. The third-order valence-corrected chi connectivity index (χ3v) is 4.28. The van der Waals surface area contributed by atoms with Gasteiger partial charge in [-0.25, -0.2) is 4.39 Å². The number of halogens is 1. The highest BCUT2D eigenvalue weighted by Gasteiger charge is 2.16. The first kappa shape index (κ1) is 21.6. The van der Waals surface area contributed by atoms with Crippen LogP contribution < -0.4 is 24.8 Å². The Bertz CT molecular complexity index is 1070. The van der Waals surface area contributed by atoms with Gasteiger partial charge in [0.1, 0.15) is 11.5 Å². The lowest BCUT2D eigenvalue weighted by Crippen LogP contribution is -2.21. The summed E-state index contributed by atoms with van der Waals surface area (Å²) in [5.41, 5.74) is 1.15. The molecule has 0 spiro atoms. The summed E-state index contributed by atoms with van der Waals surface area (Å²) in [4.78, 5) is 24.8. The van der Waals surface area contributed by atoms with Gasteiger partial charge >= 0.3 is 0 Å². The Kier molecular flexibility index (Phi) is 7.05. The number of carbonyl (C=O) groups excluding carboxylic acids is 2. The van der Waals surface area contributed by atoms with Gasteiger partial charge in [0, 0.05) is 17.7 Å². The molecule has 3 aromatic rings. The summed E-state index contributed by atoms with van der Waals surface area (Å²) in [6, 6.07) is 17.5. The highest BCUT2D eigenvalue weighted by molar-refractivity contribution is 6.05. The molecule has 0 aliphatic heterocycles. The summed E-state index contributed by atoms with van der Waals surface area (Å²) in [6.07, 6.45) is 0. The van der Waals surface area contributed by atoms with Crippen LogP contribution in [0.25, 0.3) is 0 Å². The van der Waals surface area contributed by atoms with Gasteiger partial charge in [-0.05, 0) is 24.3 Å². The second-order valence-corrected chi connectivity index (χ2v) is 6.34. The molecule has 8 heteroatoms. The van der Waals surface area contributed by atoms with Crippen LogP contribution >= 0.6 is 0 Å². The first-order valence-corrected chi connectivity index (χ1v) is 9.31. The van der Waals surface area contributed by atoms with Crippen molar-refractivity contribution in [1.29, 1.82) is 0 Å². The van der Waals surface area contributed by atoms with E-state index < -0.39 is 18.3 Å². The molecule has 0 heterocycles. The Morgan fingerprint density at radius 2 is 1.39 bits per heavy atom. The number of benzene rings is 3. The molecule has 0 fully saturated rings. The van der Waals surface area contributed by atoms with Gasteiger partial charge in [0.2, 0.25) is 0 Å². The summed E-state index contributed by atoms with van der Waals surface area (Å²) >= 11 is 0. The van der Waals surface area contributed by atoms with E-state index in [-0.39, 0.29) is 11.7 Å². The predicted molar refractivity (Wildman–Crippen MR) is 114 cm³/mol. The average molecular weight is 424 g/mol. The molecule has 0 bridgehead atoms. The van der Waals surface area contributed by atoms with Gasteiger partial charge < -0.3 is 24.8 Å². The van der Waals surface area contributed by atoms with Crippen molar-refractivity contribution in [3.63, 3.8) is 0 Å². The Hall–Kier alpha value is -4.07. The summed E-state index contributed by atoms with van der Waals surface area (Å²) in [7, 11) is 2.86. The predicted octanol–water partition coefficient (Wildman–Crippen LogP) is 4.11. The van der Waals surface area contributed by atoms with Crippen LogP contribution in [0.3, 0.4) is 0 Å². The number of rotatable bonds is 8. The molecule has 0 aliphatic carbocycles. The second-order valence-electron chi connectivity index (χ2n) is 6.34. The van der Waals surface area contributed by atoms with E-state index in [0.29, 0.717) is 28.4 Å². The number of carbonyl (C=O) groups is 2. The fraction of sp³-hybridized carbons (Fsp3) is 0.130. The quantitative estimate of drug-likeness (QED) is 0.568. The van der Waals surface area contributed by atoms with Gasteiger partial charge in [0.05, 0.1) is 25.6 Å². The van der Waals surface area contributed by atoms with E-state index in [4.69, 9.17) is 14.2 Å². The molecule has 0 aromatic heterocycles. The zero-order valence-corrected chi connectivity index (χ0v) is 17.0. The Labute approximate surface area is 178 Å². The molecule has 7 nitrogen and oxygen atoms in total. The number of amides is 2. The molecule has 3 rings (SSSR count). The van der Waals surface area contributed by atoms with E-state index in [1.165, 1.54) is 44.6 Å². The monoisotopic (exact) mass is 424 g/mol. The van der Waals surface area contributed by atoms with Crippen molar-refractivity contribution >= 4 is 23.2 Å². The molecular formula is C23H21FN2O5. The molecule has 2 N–H and O–H groups in total. The number of nitrogens with one attached hydrogen (secondary N) is 2. The molecular weight excluding hydrogens is 403 g/mol. The zero-order chi connectivity index (χ0) is 22.2. The molecule has 0 unspecified atom stereocenters. The fourth-order valence-electron chi connectivity index (χ4n) is 2.77. The van der Waals surface area contributed by atoms with Crippen LogP contribution in [0.5, 0.6) is 17.2 Å². The van der Waals surface area contributed by atoms with E-state index in [1.54, 1.807) is 30.3 Å². The van der Waals surface area contributed by atoms with Crippen molar-refractivity contribution in [2.24, 2.45) is 0 Å². The number of ether oxygens (including phenoxy) is 3. The second kappa shape index (κ2) is 10.1. The maximum Gasteiger partial charge on any atom is 0.262 e. The topological polar surface area (TPSA) is 85.9 Å². The van der Waals surface area contributed by atoms with Crippen molar-refractivity contribution in [2.75, 3.05) is 31.5 Å². The lowest BCUT2D eigenvalue weighted by Gasteiger charge is -2.16. The van der Waals surface area contributed by atoms with Crippen molar-refractivity contribution in [1.82, 2.24) is 0 Å². The number of hydrogen-bond acceptors (Lipinski definition) is 5. The van der Waals surface area contributed by atoms with Crippen LogP contribution in [0.4, 0.5) is 15.8 Å². The first-order valence-electron chi connectivity index (χ1n) is 9.31. The number of methoxy groups -OCH3 is 2. The Balaban J connectivity index is 1.74. The largest absolute Gasteiger partial charge is 0.494 e. The van der Waals surface area contributed by atoms with E-state index in [0.717, 1.165) is 0 Å². The standard InChI is InChI=1S/C23H21FN2O5/c1-29-20-13-18(26-23(28)15-8-4-3-5-9-15)21(30-2)12-17(20)25-22(27)14-31-19-11-7-6-10-16(19)24/h3-13H,14H2,1-2H3,(H,25,27)(H,26,28). The normalized spacial score (nSPS) is 10.2. The van der Waals surface area contributed by atoms with Crippen molar-refractivity contribution in [3.05, 3.63) is 78.1 Å². The van der Waals surface area contributed by atoms with Gasteiger partial charge in [-0.1, -0.05) is 30.3 Å². The molecule has 31 heavy (non-hydrogen) atoms. The van der Waals surface area contributed by atoms with Gasteiger partial charge in [0.15, 0.2) is 18.2 Å². The minimum atomic E-state index is -0.562. The lowest BCUT2D eigenvalue weighted by molar-refractivity contribution is -0.118. The molecule has 2 amide bonds. The van der Waals surface area contributed by atoms with Crippen LogP contribution in [-0.2, 0) is 4.79 Å². The molecule has 0 saturated carbocycles. The van der Waals surface area contributed by atoms with Crippen LogP contribution in [0.15, 0.2) is 66.7 Å². The van der Waals surface area contributed by atoms with E-state index in [9.17, 15) is 14.0 Å². The fourth-order valence-corrected chi connectivity index (χ4v) is 2.77. The van der Waals surface area contributed by atoms with Gasteiger partial charge in [-0.15, -0.1) is 0 Å². The summed E-state index contributed by atoms with van der Waals surface area (Å²) < 4.78 is 29.5. The van der Waals surface area contributed by atoms with Crippen LogP contribution in [0.1, 0.15) is 10.4 Å². The third-order valence-electron chi connectivity index (χ3n) is 4.28. The number of anilines is 2. The Morgan fingerprint density at radius 1 is 0.806 bits per heavy atom. The third kappa shape index (κ3) is 5.51. The van der Waals surface area contributed by atoms with Crippen molar-refractivity contribution in [2.45, 2.75) is 0 Å². The van der Waals surface area contributed by atoms with E-state index in [1.807, 2.05) is 6.07 Å². The minimum absolute atomic E-state index is 0.0267. The lowest BCUT2D eigenvalue weighted by atomic mass is 10.2. The number of hydrogen-bond donors (Lipinski definition) is 2. The zero-order valence-electron chi connectivity index (χ0n) is 17.0. The van der Waals surface area contributed by atoms with Crippen LogP contribution in [0, 0.1) is 5.82 Å². The molecule has 0 radical (unpaired) electrons. The smallest absolute Gasteiger partial charge is 0.262 e. The van der Waals surface area contributed by atoms with E-state index >= 15 is 0 Å². The first-order chi connectivity index (χ1) is 15.0. The highest BCUT2D eigenvalue weighted by atomic mass is 19.1. The minimum Gasteiger partial charge on any atom is -0.494 e. The maximum absolute atomic E-state index is 13.6. The summed E-state index contributed by atoms with van der Waals surface area (Å²) in [6.45, 7) is -0.404. The van der Waals surface area contributed by atoms with Crippen molar-refractivity contribution < 1.29 is 28.2 Å². The van der Waals surface area contributed by atoms with Crippen molar-refractivity contribution in [3.8, 4) is 17.2 Å². The summed E-state index contributed by atoms with van der Waals surface area (Å²) in [5, 5.41) is 5.40. The van der Waals surface area contributed by atoms with Gasteiger partial charge in [-0.3, -0.25) is 9.59 Å². The highest BCUT2D eigenvalue weighted by Crippen LogP contribution is 2.36. The molecule has 0 aliphatic rings. The molecule has 0 saturated heterocycles.